The van der Waals surface area contributed by atoms with Crippen molar-refractivity contribution in [2.45, 2.75) is 78.2 Å². The molecule has 2 rings (SSSR count). The summed E-state index contributed by atoms with van der Waals surface area (Å²) in [6.45, 7) is 16.7. The second kappa shape index (κ2) is 7.26. The third-order valence-corrected chi connectivity index (χ3v) is 7.13. The fourth-order valence-corrected chi connectivity index (χ4v) is 5.59. The normalized spacial score (nSPS) is 37.7. The molecule has 0 radical (unpaired) electrons. The molecule has 2 aliphatic carbocycles. The van der Waals surface area contributed by atoms with E-state index in [0.29, 0.717) is 24.9 Å². The van der Waals surface area contributed by atoms with Gasteiger partial charge in [-0.2, -0.15) is 0 Å². The standard InChI is InChI=1S/C22H36O3/c1-7-21(5,24)14-11-18-16(2)9-10-19-20(4,15-25-17(3)23)12-8-13-22(18,19)6/h7,18-19,24H,1-2,8-15H2,3-6H3/t18-,19-,20+,21+,22+/m0/s1. The van der Waals surface area contributed by atoms with E-state index in [1.165, 1.54) is 18.9 Å². The van der Waals surface area contributed by atoms with Gasteiger partial charge >= 0.3 is 5.97 Å². The van der Waals surface area contributed by atoms with E-state index in [2.05, 4.69) is 27.0 Å². The molecule has 0 saturated heterocycles. The van der Waals surface area contributed by atoms with E-state index in [9.17, 15) is 9.90 Å². The topological polar surface area (TPSA) is 46.5 Å². The number of aliphatic hydroxyl groups is 1. The molecular weight excluding hydrogens is 312 g/mol. The molecule has 0 heterocycles. The zero-order valence-electron chi connectivity index (χ0n) is 16.6. The van der Waals surface area contributed by atoms with Crippen LogP contribution in [0.3, 0.4) is 0 Å². The second-order valence-corrected chi connectivity index (χ2v) is 9.20. The minimum Gasteiger partial charge on any atom is -0.465 e. The first-order chi connectivity index (χ1) is 11.5. The van der Waals surface area contributed by atoms with Crippen molar-refractivity contribution in [1.29, 1.82) is 0 Å². The van der Waals surface area contributed by atoms with Crippen molar-refractivity contribution >= 4 is 5.97 Å². The fourth-order valence-electron chi connectivity index (χ4n) is 5.59. The van der Waals surface area contributed by atoms with Crippen LogP contribution in [0, 0.1) is 22.7 Å². The van der Waals surface area contributed by atoms with Gasteiger partial charge in [0.2, 0.25) is 0 Å². The largest absolute Gasteiger partial charge is 0.465 e. The maximum Gasteiger partial charge on any atom is 0.302 e. The van der Waals surface area contributed by atoms with Crippen LogP contribution in [-0.4, -0.2) is 23.3 Å². The number of hydrogen-bond donors (Lipinski definition) is 1. The van der Waals surface area contributed by atoms with Crippen molar-refractivity contribution in [2.75, 3.05) is 6.61 Å². The Bertz CT molecular complexity index is 535. The number of carbonyl (C=O) groups is 1. The molecule has 5 atom stereocenters. The van der Waals surface area contributed by atoms with Gasteiger partial charge in [0, 0.05) is 12.3 Å². The highest BCUT2D eigenvalue weighted by Crippen LogP contribution is 2.62. The molecule has 142 valence electrons. The molecule has 3 nitrogen and oxygen atoms in total. The fraction of sp³-hybridized carbons (Fsp3) is 0.773. The first kappa shape index (κ1) is 20.2. The summed E-state index contributed by atoms with van der Waals surface area (Å²) in [5, 5.41) is 10.4. The summed E-state index contributed by atoms with van der Waals surface area (Å²) < 4.78 is 5.46. The number of esters is 1. The van der Waals surface area contributed by atoms with Gasteiger partial charge in [-0.3, -0.25) is 4.79 Å². The Hall–Kier alpha value is -1.09. The van der Waals surface area contributed by atoms with Crippen LogP contribution >= 0.6 is 0 Å². The van der Waals surface area contributed by atoms with E-state index in [1.807, 2.05) is 6.92 Å². The van der Waals surface area contributed by atoms with Gasteiger partial charge in [-0.25, -0.2) is 0 Å². The summed E-state index contributed by atoms with van der Waals surface area (Å²) in [7, 11) is 0. The Morgan fingerprint density at radius 1 is 1.44 bits per heavy atom. The summed E-state index contributed by atoms with van der Waals surface area (Å²) in [6.07, 6.45) is 8.92. The number of rotatable bonds is 6. The molecule has 2 fully saturated rings. The molecule has 2 aliphatic rings. The average molecular weight is 349 g/mol. The van der Waals surface area contributed by atoms with E-state index >= 15 is 0 Å². The summed E-state index contributed by atoms with van der Waals surface area (Å²) in [5.41, 5.74) is 0.716. The number of hydrogen-bond acceptors (Lipinski definition) is 3. The third kappa shape index (κ3) is 4.19. The zero-order chi connectivity index (χ0) is 18.9. The number of fused-ring (bicyclic) bond motifs is 1. The van der Waals surface area contributed by atoms with Crippen molar-refractivity contribution < 1.29 is 14.6 Å². The van der Waals surface area contributed by atoms with Crippen LogP contribution in [0.25, 0.3) is 0 Å². The van der Waals surface area contributed by atoms with Gasteiger partial charge in [-0.05, 0) is 62.7 Å². The Kier molecular flexibility index (Phi) is 5.88. The minimum absolute atomic E-state index is 0.0403. The van der Waals surface area contributed by atoms with Crippen LogP contribution in [0.5, 0.6) is 0 Å². The van der Waals surface area contributed by atoms with E-state index in [4.69, 9.17) is 4.74 Å². The summed E-state index contributed by atoms with van der Waals surface area (Å²) >= 11 is 0. The molecule has 0 aromatic heterocycles. The molecular formula is C22H36O3. The first-order valence-electron chi connectivity index (χ1n) is 9.71. The van der Waals surface area contributed by atoms with Crippen LogP contribution in [0.4, 0.5) is 0 Å². The molecule has 0 spiro atoms. The van der Waals surface area contributed by atoms with Gasteiger partial charge in [0.15, 0.2) is 0 Å². The third-order valence-electron chi connectivity index (χ3n) is 7.13. The van der Waals surface area contributed by atoms with Gasteiger partial charge in [-0.1, -0.05) is 38.5 Å². The molecule has 0 aromatic carbocycles. The van der Waals surface area contributed by atoms with Crippen molar-refractivity contribution in [2.24, 2.45) is 22.7 Å². The maximum absolute atomic E-state index is 11.4. The maximum atomic E-state index is 11.4. The first-order valence-corrected chi connectivity index (χ1v) is 9.71. The Morgan fingerprint density at radius 3 is 2.72 bits per heavy atom. The van der Waals surface area contributed by atoms with Gasteiger partial charge in [0.05, 0.1) is 12.2 Å². The van der Waals surface area contributed by atoms with Gasteiger partial charge in [-0.15, -0.1) is 6.58 Å². The SMILES string of the molecule is C=C[C@@](C)(O)CC[C@H]1C(=C)CC[C@H]2[C@@](C)(COC(C)=O)CCC[C@]12C. The van der Waals surface area contributed by atoms with E-state index in [-0.39, 0.29) is 16.8 Å². The van der Waals surface area contributed by atoms with Crippen LogP contribution in [0.15, 0.2) is 24.8 Å². The lowest BCUT2D eigenvalue weighted by molar-refractivity contribution is -0.152. The van der Waals surface area contributed by atoms with E-state index < -0.39 is 5.60 Å². The lowest BCUT2D eigenvalue weighted by Crippen LogP contribution is -2.52. The summed E-state index contributed by atoms with van der Waals surface area (Å²) in [5.74, 6) is 0.749. The Balaban J connectivity index is 2.23. The molecule has 0 aliphatic heterocycles. The van der Waals surface area contributed by atoms with Crippen LogP contribution in [0.2, 0.25) is 0 Å². The van der Waals surface area contributed by atoms with Crippen molar-refractivity contribution in [1.82, 2.24) is 0 Å². The molecule has 3 heteroatoms. The predicted molar refractivity (Wildman–Crippen MR) is 102 cm³/mol. The average Bonchev–Trinajstić information content (AvgIpc) is 2.52. The van der Waals surface area contributed by atoms with Crippen molar-refractivity contribution in [3.63, 3.8) is 0 Å². The lowest BCUT2D eigenvalue weighted by Gasteiger charge is -2.58. The number of carbonyl (C=O) groups excluding carboxylic acids is 1. The predicted octanol–water partition coefficient (Wildman–Crippen LogP) is 5.05. The molecule has 25 heavy (non-hydrogen) atoms. The Labute approximate surface area is 153 Å². The highest BCUT2D eigenvalue weighted by molar-refractivity contribution is 5.65. The second-order valence-electron chi connectivity index (χ2n) is 9.20. The van der Waals surface area contributed by atoms with Crippen molar-refractivity contribution in [3.8, 4) is 0 Å². The van der Waals surface area contributed by atoms with Gasteiger partial charge in [0.1, 0.15) is 0 Å². The number of ether oxygens (including phenoxy) is 1. The molecule has 1 N–H and O–H groups in total. The van der Waals surface area contributed by atoms with Gasteiger partial charge < -0.3 is 9.84 Å². The van der Waals surface area contributed by atoms with Crippen molar-refractivity contribution in [3.05, 3.63) is 24.8 Å². The Morgan fingerprint density at radius 2 is 2.12 bits per heavy atom. The highest BCUT2D eigenvalue weighted by Gasteiger charge is 2.54. The monoisotopic (exact) mass is 348 g/mol. The van der Waals surface area contributed by atoms with Gasteiger partial charge in [0.25, 0.3) is 0 Å². The van der Waals surface area contributed by atoms with Crippen LogP contribution in [-0.2, 0) is 9.53 Å². The smallest absolute Gasteiger partial charge is 0.302 e. The quantitative estimate of drug-likeness (QED) is 0.540. The zero-order valence-corrected chi connectivity index (χ0v) is 16.6. The van der Waals surface area contributed by atoms with E-state index in [0.717, 1.165) is 32.1 Å². The van der Waals surface area contributed by atoms with Crippen LogP contribution in [0.1, 0.15) is 72.6 Å². The summed E-state index contributed by atoms with van der Waals surface area (Å²) in [4.78, 5) is 11.4. The minimum atomic E-state index is -0.820. The number of allylic oxidation sites excluding steroid dienone is 1. The molecule has 0 amide bonds. The highest BCUT2D eigenvalue weighted by atomic mass is 16.5. The lowest BCUT2D eigenvalue weighted by atomic mass is 9.46. The summed E-state index contributed by atoms with van der Waals surface area (Å²) in [6, 6.07) is 0. The van der Waals surface area contributed by atoms with E-state index in [1.54, 1.807) is 6.08 Å². The van der Waals surface area contributed by atoms with Crippen LogP contribution < -0.4 is 0 Å². The molecule has 0 aromatic rings. The molecule has 0 bridgehead atoms. The molecule has 2 saturated carbocycles. The molecule has 0 unspecified atom stereocenters.